The first-order valence-corrected chi connectivity index (χ1v) is 24.2. The fourth-order valence-corrected chi connectivity index (χ4v) is 9.35. The standard InChI is InChI=1S/C48H73N7O11/c1-4-7-24-36(42(49)58)53-44(60)37(25-8-5-2)51-39(56)27-50-46(62)41(57)35(17-6-3)52-45(61)38-26-32(66-29-30-18-11-9-12-19-30)28-55(38)47(63)40(31-20-13-10-14-21-31)54-43(59)33-22-15-16-23-34(33)48(64)65/h9,11-12,18-19,31-38,40H,4-8,10,13-17,20-29H2,1-3H3,(H2,49,58)(H,50,62)(H,51,56)(H,52,61)(H,53,60)(H,54,59)(H,64,65)/t32-,33+,34?,35?,36?,37?,38+,40?/m1/s1. The fourth-order valence-electron chi connectivity index (χ4n) is 9.35. The van der Waals surface area contributed by atoms with Gasteiger partial charge in [-0.1, -0.05) is 115 Å². The molecule has 0 bridgehead atoms. The first-order valence-electron chi connectivity index (χ1n) is 24.2. The summed E-state index contributed by atoms with van der Waals surface area (Å²) in [6.45, 7) is 5.16. The third-order valence-corrected chi connectivity index (χ3v) is 13.1. The van der Waals surface area contributed by atoms with E-state index in [0.29, 0.717) is 70.6 Å². The molecule has 1 aromatic carbocycles. The summed E-state index contributed by atoms with van der Waals surface area (Å²) in [5, 5.41) is 23.1. The number of benzene rings is 1. The van der Waals surface area contributed by atoms with Gasteiger partial charge in [-0.2, -0.15) is 0 Å². The van der Waals surface area contributed by atoms with E-state index in [2.05, 4.69) is 26.6 Å². The Hall–Kier alpha value is -5.39. The van der Waals surface area contributed by atoms with Gasteiger partial charge in [0, 0.05) is 13.0 Å². The van der Waals surface area contributed by atoms with E-state index in [-0.39, 0.29) is 38.3 Å². The molecule has 2 aliphatic carbocycles. The molecule has 8 atom stereocenters. The Balaban J connectivity index is 1.49. The van der Waals surface area contributed by atoms with Gasteiger partial charge < -0.3 is 47.1 Å². The molecule has 66 heavy (non-hydrogen) atoms. The van der Waals surface area contributed by atoms with E-state index in [9.17, 15) is 48.3 Å². The van der Waals surface area contributed by atoms with Crippen LogP contribution >= 0.6 is 0 Å². The molecular formula is C48H73N7O11. The fraction of sp³-hybridized carbons (Fsp3) is 0.688. The minimum atomic E-state index is -1.32. The lowest BCUT2D eigenvalue weighted by Gasteiger charge is -2.36. The number of hydrogen-bond acceptors (Lipinski definition) is 10. The van der Waals surface area contributed by atoms with Crippen LogP contribution in [0, 0.1) is 17.8 Å². The second-order valence-corrected chi connectivity index (χ2v) is 18.1. The van der Waals surface area contributed by atoms with E-state index < -0.39 is 108 Å². The van der Waals surface area contributed by atoms with Crippen molar-refractivity contribution in [3.63, 3.8) is 0 Å². The molecule has 18 heteroatoms. The van der Waals surface area contributed by atoms with Crippen molar-refractivity contribution in [1.82, 2.24) is 31.5 Å². The third-order valence-electron chi connectivity index (χ3n) is 13.1. The first-order chi connectivity index (χ1) is 31.7. The van der Waals surface area contributed by atoms with Crippen molar-refractivity contribution in [1.29, 1.82) is 0 Å². The number of Topliss-reactive ketones (excluding diaryl/α,β-unsaturated/α-hetero) is 1. The van der Waals surface area contributed by atoms with Gasteiger partial charge in [0.2, 0.25) is 41.2 Å². The van der Waals surface area contributed by atoms with Crippen LogP contribution in [0.3, 0.4) is 0 Å². The summed E-state index contributed by atoms with van der Waals surface area (Å²) in [5.41, 5.74) is 6.38. The average molecular weight is 924 g/mol. The maximum atomic E-state index is 14.9. The number of rotatable bonds is 26. The Morgan fingerprint density at radius 3 is 1.98 bits per heavy atom. The first kappa shape index (κ1) is 53.2. The molecular weight excluding hydrogens is 851 g/mol. The molecule has 366 valence electrons. The van der Waals surface area contributed by atoms with E-state index in [0.717, 1.165) is 31.2 Å². The molecule has 1 aromatic rings. The number of hydrogen-bond donors (Lipinski definition) is 7. The molecule has 0 spiro atoms. The molecule has 1 saturated heterocycles. The summed E-state index contributed by atoms with van der Waals surface area (Å²) in [5.74, 6) is -8.85. The normalized spacial score (nSPS) is 21.6. The highest BCUT2D eigenvalue weighted by atomic mass is 16.5. The number of primary amides is 1. The Bertz CT molecular complexity index is 1820. The number of carboxylic acid groups (broad SMARTS) is 1. The van der Waals surface area contributed by atoms with Crippen LogP contribution in [0.1, 0.15) is 142 Å². The van der Waals surface area contributed by atoms with Crippen molar-refractivity contribution in [3.8, 4) is 0 Å². The smallest absolute Gasteiger partial charge is 0.307 e. The van der Waals surface area contributed by atoms with Crippen LogP contribution in [0.25, 0.3) is 0 Å². The topological polar surface area (TPSA) is 272 Å². The summed E-state index contributed by atoms with van der Waals surface area (Å²) in [4.78, 5) is 122. The number of carbonyl (C=O) groups is 9. The van der Waals surface area contributed by atoms with E-state index in [1.54, 1.807) is 6.92 Å². The quantitative estimate of drug-likeness (QED) is 0.0664. The molecule has 0 aromatic heterocycles. The van der Waals surface area contributed by atoms with Gasteiger partial charge in [0.1, 0.15) is 24.2 Å². The lowest BCUT2D eigenvalue weighted by molar-refractivity contribution is -0.150. The Morgan fingerprint density at radius 2 is 1.36 bits per heavy atom. The summed E-state index contributed by atoms with van der Waals surface area (Å²) in [6.07, 6.45) is 9.32. The minimum Gasteiger partial charge on any atom is -0.481 e. The van der Waals surface area contributed by atoms with Crippen molar-refractivity contribution < 1.29 is 53.0 Å². The Kier molecular flexibility index (Phi) is 22.0. The second kappa shape index (κ2) is 27.3. The molecule has 18 nitrogen and oxygen atoms in total. The Labute approximate surface area is 388 Å². The van der Waals surface area contributed by atoms with Gasteiger partial charge in [-0.3, -0.25) is 43.2 Å². The van der Waals surface area contributed by atoms with Crippen LogP contribution in [-0.4, -0.2) is 113 Å². The van der Waals surface area contributed by atoms with E-state index >= 15 is 0 Å². The largest absolute Gasteiger partial charge is 0.481 e. The van der Waals surface area contributed by atoms with Crippen molar-refractivity contribution >= 4 is 53.1 Å². The monoisotopic (exact) mass is 924 g/mol. The van der Waals surface area contributed by atoms with Crippen LogP contribution in [0.15, 0.2) is 30.3 Å². The number of carboxylic acids is 1. The molecule has 1 heterocycles. The predicted octanol–water partition coefficient (Wildman–Crippen LogP) is 2.93. The molecule has 3 fully saturated rings. The van der Waals surface area contributed by atoms with Crippen LogP contribution in [0.4, 0.5) is 0 Å². The number of nitrogens with two attached hydrogens (primary N) is 1. The van der Waals surface area contributed by atoms with Crippen LogP contribution in [0.2, 0.25) is 0 Å². The SMILES string of the molecule is CCCCC(NC(=O)C(CCCC)NC(=O)CNC(=O)C(=O)C(CCC)NC(=O)[C@@H]1C[C@@H](OCc2ccccc2)CN1C(=O)C(NC(=O)[C@H]1CCCCC1C(=O)O)C1CCCCC1)C(N)=O. The maximum absolute atomic E-state index is 14.9. The van der Waals surface area contributed by atoms with E-state index in [1.807, 2.05) is 44.2 Å². The van der Waals surface area contributed by atoms with Crippen molar-refractivity contribution in [2.75, 3.05) is 13.1 Å². The van der Waals surface area contributed by atoms with E-state index in [1.165, 1.54) is 4.90 Å². The predicted molar refractivity (Wildman–Crippen MR) is 244 cm³/mol. The minimum absolute atomic E-state index is 0.00517. The number of nitrogens with one attached hydrogen (secondary N) is 5. The molecule has 5 unspecified atom stereocenters. The average Bonchev–Trinajstić information content (AvgIpc) is 3.76. The molecule has 7 amide bonds. The number of unbranched alkanes of at least 4 members (excludes halogenated alkanes) is 2. The highest BCUT2D eigenvalue weighted by Gasteiger charge is 2.46. The molecule has 2 saturated carbocycles. The Morgan fingerprint density at radius 1 is 0.727 bits per heavy atom. The van der Waals surface area contributed by atoms with Gasteiger partial charge in [-0.15, -0.1) is 0 Å². The molecule has 8 N–H and O–H groups in total. The van der Waals surface area contributed by atoms with E-state index in [4.69, 9.17) is 10.5 Å². The highest BCUT2D eigenvalue weighted by molar-refractivity contribution is 6.38. The summed E-state index contributed by atoms with van der Waals surface area (Å²) in [6, 6.07) is 3.95. The molecule has 4 rings (SSSR count). The third kappa shape index (κ3) is 15.9. The summed E-state index contributed by atoms with van der Waals surface area (Å²) < 4.78 is 6.25. The van der Waals surface area contributed by atoms with Gasteiger partial charge in [-0.25, -0.2) is 0 Å². The van der Waals surface area contributed by atoms with Crippen molar-refractivity contribution in [3.05, 3.63) is 35.9 Å². The van der Waals surface area contributed by atoms with Crippen molar-refractivity contribution in [2.24, 2.45) is 23.5 Å². The number of ether oxygens (including phenoxy) is 1. The van der Waals surface area contributed by atoms with Gasteiger partial charge >= 0.3 is 5.97 Å². The van der Waals surface area contributed by atoms with Crippen LogP contribution in [0.5, 0.6) is 0 Å². The van der Waals surface area contributed by atoms with Gasteiger partial charge in [-0.05, 0) is 56.4 Å². The zero-order chi connectivity index (χ0) is 48.2. The number of nitrogens with zero attached hydrogens (tertiary/aromatic N) is 1. The maximum Gasteiger partial charge on any atom is 0.307 e. The number of amides is 7. The summed E-state index contributed by atoms with van der Waals surface area (Å²) >= 11 is 0. The van der Waals surface area contributed by atoms with Crippen LogP contribution < -0.4 is 32.3 Å². The van der Waals surface area contributed by atoms with Crippen LogP contribution in [-0.2, 0) is 54.5 Å². The molecule has 0 radical (unpaired) electrons. The second-order valence-electron chi connectivity index (χ2n) is 18.1. The zero-order valence-electron chi connectivity index (χ0n) is 39.0. The highest BCUT2D eigenvalue weighted by Crippen LogP contribution is 2.33. The number of likely N-dealkylation sites (tertiary alicyclic amines) is 1. The molecule has 3 aliphatic rings. The number of ketones is 1. The van der Waals surface area contributed by atoms with Crippen molar-refractivity contribution in [2.45, 2.75) is 179 Å². The lowest BCUT2D eigenvalue weighted by atomic mass is 9.78. The van der Waals surface area contributed by atoms with Gasteiger partial charge in [0.15, 0.2) is 0 Å². The summed E-state index contributed by atoms with van der Waals surface area (Å²) in [7, 11) is 0. The van der Waals surface area contributed by atoms with Gasteiger partial charge in [0.05, 0.1) is 37.1 Å². The zero-order valence-corrected chi connectivity index (χ0v) is 39.0. The number of aliphatic carboxylic acids is 1. The molecule has 1 aliphatic heterocycles. The number of carbonyl (C=O) groups excluding carboxylic acids is 8. The van der Waals surface area contributed by atoms with Gasteiger partial charge in [0.25, 0.3) is 5.91 Å². The lowest BCUT2D eigenvalue weighted by Crippen LogP contribution is -2.59.